The highest BCUT2D eigenvalue weighted by Crippen LogP contribution is 2.01. The van der Waals surface area contributed by atoms with Gasteiger partial charge in [0.1, 0.15) is 6.04 Å². The van der Waals surface area contributed by atoms with Gasteiger partial charge in [-0.25, -0.2) is 0 Å². The number of nitrogens with two attached hydrogens (primary N) is 2. The Hall–Kier alpha value is -1.63. The van der Waals surface area contributed by atoms with E-state index in [-0.39, 0.29) is 5.92 Å². The van der Waals surface area contributed by atoms with E-state index < -0.39 is 36.3 Å². The summed E-state index contributed by atoms with van der Waals surface area (Å²) in [6, 6.07) is -2.02. The smallest absolute Gasteiger partial charge is 0.305 e. The van der Waals surface area contributed by atoms with E-state index in [1.807, 2.05) is 0 Å². The molecule has 0 aromatic heterocycles. The average Bonchev–Trinajstić information content (AvgIpc) is 2.11. The second-order valence-electron chi connectivity index (χ2n) is 3.84. The Labute approximate surface area is 93.2 Å². The molecule has 0 aliphatic heterocycles. The zero-order chi connectivity index (χ0) is 12.9. The number of amides is 2. The minimum atomic E-state index is -1.18. The quantitative estimate of drug-likeness (QED) is 0.437. The van der Waals surface area contributed by atoms with Crippen LogP contribution >= 0.6 is 0 Å². The van der Waals surface area contributed by atoms with Gasteiger partial charge in [-0.2, -0.15) is 0 Å². The molecule has 0 spiro atoms. The highest BCUT2D eigenvalue weighted by molar-refractivity contribution is 5.90. The van der Waals surface area contributed by atoms with Crippen molar-refractivity contribution in [3.8, 4) is 0 Å². The highest BCUT2D eigenvalue weighted by atomic mass is 16.4. The van der Waals surface area contributed by atoms with Crippen LogP contribution in [0.1, 0.15) is 20.3 Å². The fourth-order valence-electron chi connectivity index (χ4n) is 1.11. The van der Waals surface area contributed by atoms with Crippen molar-refractivity contribution in [2.45, 2.75) is 32.4 Å². The van der Waals surface area contributed by atoms with Gasteiger partial charge in [-0.1, -0.05) is 13.8 Å². The van der Waals surface area contributed by atoms with E-state index in [1.54, 1.807) is 13.8 Å². The molecule has 0 heterocycles. The first-order valence-corrected chi connectivity index (χ1v) is 4.82. The summed E-state index contributed by atoms with van der Waals surface area (Å²) in [5.41, 5.74) is 10.4. The number of rotatable bonds is 6. The van der Waals surface area contributed by atoms with Crippen LogP contribution in [-0.2, 0) is 14.4 Å². The summed E-state index contributed by atoms with van der Waals surface area (Å²) in [6.07, 6.45) is -0.491. The van der Waals surface area contributed by atoms with Gasteiger partial charge in [0.25, 0.3) is 0 Å². The molecule has 0 rings (SSSR count). The van der Waals surface area contributed by atoms with Gasteiger partial charge in [-0.05, 0) is 5.92 Å². The van der Waals surface area contributed by atoms with Gasteiger partial charge in [0.15, 0.2) is 0 Å². The molecule has 0 fully saturated rings. The molecule has 0 bridgehead atoms. The van der Waals surface area contributed by atoms with Crippen LogP contribution in [0.5, 0.6) is 0 Å². The molecule has 0 radical (unpaired) electrons. The lowest BCUT2D eigenvalue weighted by molar-refractivity contribution is -0.139. The van der Waals surface area contributed by atoms with Gasteiger partial charge in [0, 0.05) is 0 Å². The molecule has 0 saturated carbocycles. The van der Waals surface area contributed by atoms with Gasteiger partial charge < -0.3 is 21.9 Å². The molecule has 2 atom stereocenters. The fourth-order valence-corrected chi connectivity index (χ4v) is 1.11. The van der Waals surface area contributed by atoms with Crippen LogP contribution in [0, 0.1) is 5.92 Å². The number of hydrogen-bond acceptors (Lipinski definition) is 4. The Morgan fingerprint density at radius 1 is 1.31 bits per heavy atom. The Morgan fingerprint density at radius 3 is 2.12 bits per heavy atom. The molecule has 6 N–H and O–H groups in total. The maximum atomic E-state index is 11.4. The normalized spacial score (nSPS) is 14.2. The van der Waals surface area contributed by atoms with Crippen molar-refractivity contribution < 1.29 is 19.5 Å². The van der Waals surface area contributed by atoms with Crippen LogP contribution < -0.4 is 16.8 Å². The molecule has 16 heavy (non-hydrogen) atoms. The minimum Gasteiger partial charge on any atom is -0.481 e. The second kappa shape index (κ2) is 6.06. The zero-order valence-electron chi connectivity index (χ0n) is 9.27. The Kier molecular flexibility index (Phi) is 5.44. The van der Waals surface area contributed by atoms with E-state index in [0.717, 1.165) is 0 Å². The molecule has 0 aliphatic rings. The molecule has 7 nitrogen and oxygen atoms in total. The van der Waals surface area contributed by atoms with Crippen molar-refractivity contribution in [3.05, 3.63) is 0 Å². The Morgan fingerprint density at radius 2 is 1.81 bits per heavy atom. The molecule has 1 unspecified atom stereocenters. The third kappa shape index (κ3) is 4.74. The molecule has 0 saturated heterocycles. The van der Waals surface area contributed by atoms with E-state index in [9.17, 15) is 14.4 Å². The lowest BCUT2D eigenvalue weighted by atomic mass is 10.0. The zero-order valence-corrected chi connectivity index (χ0v) is 9.27. The number of carbonyl (C=O) groups excluding carboxylic acids is 2. The molecular weight excluding hydrogens is 214 g/mol. The molecule has 7 heteroatoms. The van der Waals surface area contributed by atoms with Gasteiger partial charge >= 0.3 is 5.97 Å². The van der Waals surface area contributed by atoms with Crippen LogP contribution in [0.25, 0.3) is 0 Å². The molecule has 92 valence electrons. The van der Waals surface area contributed by atoms with Crippen molar-refractivity contribution in [3.63, 3.8) is 0 Å². The van der Waals surface area contributed by atoms with Crippen molar-refractivity contribution in [2.75, 3.05) is 0 Å². The highest BCUT2D eigenvalue weighted by Gasteiger charge is 2.25. The van der Waals surface area contributed by atoms with Crippen LogP contribution in [0.3, 0.4) is 0 Å². The Bertz CT molecular complexity index is 290. The van der Waals surface area contributed by atoms with Crippen molar-refractivity contribution in [2.24, 2.45) is 17.4 Å². The molecule has 0 aromatic rings. The van der Waals surface area contributed by atoms with Gasteiger partial charge in [0.2, 0.25) is 11.8 Å². The topological polar surface area (TPSA) is 136 Å². The molecule has 0 aliphatic carbocycles. The maximum Gasteiger partial charge on any atom is 0.305 e. The Balaban J connectivity index is 4.40. The first kappa shape index (κ1) is 14.4. The number of aliphatic carboxylic acids is 1. The van der Waals surface area contributed by atoms with Crippen LogP contribution in [0.2, 0.25) is 0 Å². The molecule has 0 aromatic carbocycles. The summed E-state index contributed by atoms with van der Waals surface area (Å²) in [5, 5.41) is 10.8. The van der Waals surface area contributed by atoms with E-state index in [4.69, 9.17) is 16.6 Å². The summed E-state index contributed by atoms with van der Waals surface area (Å²) in [5.74, 6) is -2.73. The largest absolute Gasteiger partial charge is 0.481 e. The number of nitrogens with one attached hydrogen (secondary N) is 1. The first-order valence-electron chi connectivity index (χ1n) is 4.82. The average molecular weight is 231 g/mol. The monoisotopic (exact) mass is 231 g/mol. The van der Waals surface area contributed by atoms with E-state index in [2.05, 4.69) is 5.32 Å². The SMILES string of the molecule is CC(C)C(NC(=O)[C@@H](N)CC(=O)O)C(N)=O. The summed E-state index contributed by atoms with van der Waals surface area (Å²) >= 11 is 0. The van der Waals surface area contributed by atoms with Crippen LogP contribution in [0.4, 0.5) is 0 Å². The van der Waals surface area contributed by atoms with Crippen LogP contribution in [0.15, 0.2) is 0 Å². The lowest BCUT2D eigenvalue weighted by Gasteiger charge is -2.20. The third-order valence-electron chi connectivity index (χ3n) is 2.00. The first-order chi connectivity index (χ1) is 7.25. The standard InChI is InChI=1S/C9H17N3O4/c1-4(2)7(8(11)15)12-9(16)5(10)3-6(13)14/h4-5,7H,3,10H2,1-2H3,(H2,11,15)(H,12,16)(H,13,14)/t5-,7?/m0/s1. The number of carboxylic acids is 1. The fraction of sp³-hybridized carbons (Fsp3) is 0.667. The predicted molar refractivity (Wildman–Crippen MR) is 56.2 cm³/mol. The van der Waals surface area contributed by atoms with Gasteiger partial charge in [-0.3, -0.25) is 14.4 Å². The summed E-state index contributed by atoms with van der Waals surface area (Å²) in [7, 11) is 0. The van der Waals surface area contributed by atoms with E-state index >= 15 is 0 Å². The van der Waals surface area contributed by atoms with Gasteiger partial charge in [0.05, 0.1) is 12.5 Å². The van der Waals surface area contributed by atoms with Gasteiger partial charge in [-0.15, -0.1) is 0 Å². The summed E-state index contributed by atoms with van der Waals surface area (Å²) in [4.78, 5) is 32.7. The van der Waals surface area contributed by atoms with Crippen molar-refractivity contribution in [1.29, 1.82) is 0 Å². The van der Waals surface area contributed by atoms with E-state index in [0.29, 0.717) is 0 Å². The van der Waals surface area contributed by atoms with E-state index in [1.165, 1.54) is 0 Å². The number of carbonyl (C=O) groups is 3. The van der Waals surface area contributed by atoms with Crippen molar-refractivity contribution in [1.82, 2.24) is 5.32 Å². The number of hydrogen-bond donors (Lipinski definition) is 4. The third-order valence-corrected chi connectivity index (χ3v) is 2.00. The summed E-state index contributed by atoms with van der Waals surface area (Å²) < 4.78 is 0. The number of primary amides is 1. The maximum absolute atomic E-state index is 11.4. The van der Waals surface area contributed by atoms with Crippen molar-refractivity contribution >= 4 is 17.8 Å². The lowest BCUT2D eigenvalue weighted by Crippen LogP contribution is -2.53. The summed E-state index contributed by atoms with van der Waals surface area (Å²) in [6.45, 7) is 3.41. The van der Waals surface area contributed by atoms with Crippen LogP contribution in [-0.4, -0.2) is 35.0 Å². The number of carboxylic acid groups (broad SMARTS) is 1. The molecular formula is C9H17N3O4. The molecule has 2 amide bonds. The predicted octanol–water partition coefficient (Wildman–Crippen LogP) is -1.59. The second-order valence-corrected chi connectivity index (χ2v) is 3.84. The minimum absolute atomic E-state index is 0.182.